The Kier molecular flexibility index (Phi) is 6.86. The van der Waals surface area contributed by atoms with Gasteiger partial charge in [0.2, 0.25) is 5.91 Å². The molecule has 1 aromatic carbocycles. The average Bonchev–Trinajstić information content (AvgIpc) is 3.23. The largest absolute Gasteiger partial charge is 0.340 e. The Labute approximate surface area is 171 Å². The van der Waals surface area contributed by atoms with Crippen LogP contribution in [0, 0.1) is 0 Å². The highest BCUT2D eigenvalue weighted by atomic mass is 32.1. The van der Waals surface area contributed by atoms with Gasteiger partial charge >= 0.3 is 0 Å². The monoisotopic (exact) mass is 399 g/mol. The maximum Gasteiger partial charge on any atom is 0.261 e. The van der Waals surface area contributed by atoms with E-state index in [9.17, 15) is 9.59 Å². The summed E-state index contributed by atoms with van der Waals surface area (Å²) < 4.78 is 0. The van der Waals surface area contributed by atoms with Gasteiger partial charge in [-0.05, 0) is 35.4 Å². The molecule has 1 aliphatic heterocycles. The summed E-state index contributed by atoms with van der Waals surface area (Å²) in [5.74, 6) is 0.357. The van der Waals surface area contributed by atoms with Gasteiger partial charge in [0.25, 0.3) is 5.91 Å². The molecule has 1 N–H and O–H groups in total. The summed E-state index contributed by atoms with van der Waals surface area (Å²) in [6.07, 6.45) is 0. The second-order valence-corrected chi connectivity index (χ2v) is 8.62. The number of piperazine rings is 1. The number of benzene rings is 1. The number of rotatable bonds is 6. The summed E-state index contributed by atoms with van der Waals surface area (Å²) in [5.41, 5.74) is 2.67. The van der Waals surface area contributed by atoms with Crippen molar-refractivity contribution in [3.8, 4) is 0 Å². The quantitative estimate of drug-likeness (QED) is 0.811. The zero-order valence-corrected chi connectivity index (χ0v) is 17.7. The lowest BCUT2D eigenvalue weighted by Crippen LogP contribution is -2.53. The van der Waals surface area contributed by atoms with Gasteiger partial charge in [-0.1, -0.05) is 44.2 Å². The van der Waals surface area contributed by atoms with Crippen LogP contribution in [-0.4, -0.2) is 53.8 Å². The molecule has 2 amide bonds. The van der Waals surface area contributed by atoms with E-state index >= 15 is 0 Å². The molecule has 1 unspecified atom stereocenters. The Hall–Kier alpha value is -2.18. The van der Waals surface area contributed by atoms with Gasteiger partial charge in [0.05, 0.1) is 4.88 Å². The molecule has 0 spiro atoms. The lowest BCUT2D eigenvalue weighted by atomic mass is 10.0. The van der Waals surface area contributed by atoms with Crippen LogP contribution < -0.4 is 5.32 Å². The summed E-state index contributed by atoms with van der Waals surface area (Å²) >= 11 is 1.38. The number of carbonyl (C=O) groups is 2. The third-order valence-electron chi connectivity index (χ3n) is 5.20. The minimum Gasteiger partial charge on any atom is -0.340 e. The molecule has 150 valence electrons. The van der Waals surface area contributed by atoms with Gasteiger partial charge in [-0.3, -0.25) is 14.5 Å². The molecule has 1 fully saturated rings. The van der Waals surface area contributed by atoms with E-state index in [1.165, 1.54) is 22.5 Å². The number of hydrogen-bond donors (Lipinski definition) is 1. The SMILES string of the molecule is CC(NC(=O)c1cccs1)C(=O)N1CCN(Cc2ccc(C(C)C)cc2)CC1. The maximum absolute atomic E-state index is 12.7. The fourth-order valence-corrected chi connectivity index (χ4v) is 4.03. The molecule has 5 nitrogen and oxygen atoms in total. The van der Waals surface area contributed by atoms with Crippen LogP contribution in [0.4, 0.5) is 0 Å². The number of carbonyl (C=O) groups excluding carboxylic acids is 2. The predicted molar refractivity (Wildman–Crippen MR) is 114 cm³/mol. The molecule has 1 saturated heterocycles. The van der Waals surface area contributed by atoms with Crippen molar-refractivity contribution in [1.82, 2.24) is 15.1 Å². The number of nitrogens with one attached hydrogen (secondary N) is 1. The molecule has 1 atom stereocenters. The van der Waals surface area contributed by atoms with Crippen molar-refractivity contribution in [2.75, 3.05) is 26.2 Å². The Bertz CT molecular complexity index is 779. The fourth-order valence-electron chi connectivity index (χ4n) is 3.40. The third kappa shape index (κ3) is 5.20. The number of nitrogens with zero attached hydrogens (tertiary/aromatic N) is 2. The summed E-state index contributed by atoms with van der Waals surface area (Å²) in [6.45, 7) is 10.2. The van der Waals surface area contributed by atoms with Gasteiger partial charge in [0, 0.05) is 32.7 Å². The minimum atomic E-state index is -0.510. The van der Waals surface area contributed by atoms with Gasteiger partial charge < -0.3 is 10.2 Å². The molecule has 0 radical (unpaired) electrons. The Balaban J connectivity index is 1.46. The van der Waals surface area contributed by atoms with Crippen molar-refractivity contribution in [3.63, 3.8) is 0 Å². The summed E-state index contributed by atoms with van der Waals surface area (Å²) in [4.78, 5) is 29.7. The van der Waals surface area contributed by atoms with Crippen molar-refractivity contribution >= 4 is 23.2 Å². The van der Waals surface area contributed by atoms with E-state index in [1.54, 1.807) is 13.0 Å². The first kappa shape index (κ1) is 20.6. The third-order valence-corrected chi connectivity index (χ3v) is 6.07. The molecule has 3 rings (SSSR count). The van der Waals surface area contributed by atoms with E-state index in [1.807, 2.05) is 16.3 Å². The average molecular weight is 400 g/mol. The Morgan fingerprint density at radius 3 is 2.29 bits per heavy atom. The molecule has 2 aromatic rings. The highest BCUT2D eigenvalue weighted by molar-refractivity contribution is 7.12. The zero-order valence-electron chi connectivity index (χ0n) is 16.9. The number of amides is 2. The van der Waals surface area contributed by atoms with Crippen LogP contribution in [0.3, 0.4) is 0 Å². The summed E-state index contributed by atoms with van der Waals surface area (Å²) in [7, 11) is 0. The summed E-state index contributed by atoms with van der Waals surface area (Å²) in [6, 6.07) is 11.9. The van der Waals surface area contributed by atoms with Crippen LogP contribution in [0.15, 0.2) is 41.8 Å². The molecule has 0 aliphatic carbocycles. The normalized spacial score (nSPS) is 16.2. The lowest BCUT2D eigenvalue weighted by Gasteiger charge is -2.36. The number of thiophene rings is 1. The number of hydrogen-bond acceptors (Lipinski definition) is 4. The van der Waals surface area contributed by atoms with Crippen molar-refractivity contribution < 1.29 is 9.59 Å². The first-order valence-electron chi connectivity index (χ1n) is 9.88. The van der Waals surface area contributed by atoms with Crippen molar-refractivity contribution in [2.45, 2.75) is 39.3 Å². The zero-order chi connectivity index (χ0) is 20.1. The van der Waals surface area contributed by atoms with Gasteiger partial charge in [0.1, 0.15) is 6.04 Å². The van der Waals surface area contributed by atoms with Gasteiger partial charge in [-0.2, -0.15) is 0 Å². The fraction of sp³-hybridized carbons (Fsp3) is 0.455. The van der Waals surface area contributed by atoms with Gasteiger partial charge in [-0.15, -0.1) is 11.3 Å². The molecule has 1 aromatic heterocycles. The van der Waals surface area contributed by atoms with E-state index in [0.29, 0.717) is 23.9 Å². The van der Waals surface area contributed by atoms with Crippen molar-refractivity contribution in [2.24, 2.45) is 0 Å². The molecule has 6 heteroatoms. The standard InChI is InChI=1S/C22H29N3O2S/c1-16(2)19-8-6-18(7-9-19)15-24-10-12-25(13-11-24)22(27)17(3)23-21(26)20-5-4-14-28-20/h4-9,14,16-17H,10-13,15H2,1-3H3,(H,23,26). The van der Waals surface area contributed by atoms with Crippen LogP contribution in [0.25, 0.3) is 0 Å². The first-order valence-corrected chi connectivity index (χ1v) is 10.8. The molecular weight excluding hydrogens is 370 g/mol. The minimum absolute atomic E-state index is 0.00848. The van der Waals surface area contributed by atoms with E-state index in [-0.39, 0.29) is 11.8 Å². The van der Waals surface area contributed by atoms with Crippen LogP contribution in [0.5, 0.6) is 0 Å². The highest BCUT2D eigenvalue weighted by Crippen LogP contribution is 2.16. The topological polar surface area (TPSA) is 52.7 Å². The van der Waals surface area contributed by atoms with Crippen LogP contribution in [0.2, 0.25) is 0 Å². The van der Waals surface area contributed by atoms with Crippen molar-refractivity contribution in [3.05, 3.63) is 57.8 Å². The molecule has 0 saturated carbocycles. The van der Waals surface area contributed by atoms with Crippen LogP contribution >= 0.6 is 11.3 Å². The second kappa shape index (κ2) is 9.34. The Morgan fingerprint density at radius 1 is 1.04 bits per heavy atom. The predicted octanol–water partition coefficient (Wildman–Crippen LogP) is 3.33. The molecule has 0 bridgehead atoms. The molecular formula is C22H29N3O2S. The maximum atomic E-state index is 12.7. The second-order valence-electron chi connectivity index (χ2n) is 7.67. The molecule has 28 heavy (non-hydrogen) atoms. The van der Waals surface area contributed by atoms with E-state index in [4.69, 9.17) is 0 Å². The van der Waals surface area contributed by atoms with Gasteiger partial charge in [-0.25, -0.2) is 0 Å². The van der Waals surface area contributed by atoms with E-state index in [2.05, 4.69) is 48.3 Å². The lowest BCUT2D eigenvalue weighted by molar-refractivity contribution is -0.134. The van der Waals surface area contributed by atoms with E-state index in [0.717, 1.165) is 19.6 Å². The smallest absolute Gasteiger partial charge is 0.261 e. The van der Waals surface area contributed by atoms with Gasteiger partial charge in [0.15, 0.2) is 0 Å². The Morgan fingerprint density at radius 2 is 1.71 bits per heavy atom. The van der Waals surface area contributed by atoms with E-state index < -0.39 is 6.04 Å². The van der Waals surface area contributed by atoms with Crippen LogP contribution in [-0.2, 0) is 11.3 Å². The highest BCUT2D eigenvalue weighted by Gasteiger charge is 2.26. The van der Waals surface area contributed by atoms with Crippen molar-refractivity contribution in [1.29, 1.82) is 0 Å². The first-order chi connectivity index (χ1) is 13.4. The molecule has 2 heterocycles. The molecule has 1 aliphatic rings. The summed E-state index contributed by atoms with van der Waals surface area (Å²) in [5, 5.41) is 4.67. The van der Waals surface area contributed by atoms with Crippen LogP contribution in [0.1, 0.15) is 47.5 Å².